The zero-order chi connectivity index (χ0) is 20.2. The Hall–Kier alpha value is -2.96. The number of esters is 1. The molecule has 156 valence electrons. The van der Waals surface area contributed by atoms with Crippen LogP contribution in [-0.2, 0) is 24.1 Å². The van der Waals surface area contributed by atoms with E-state index in [4.69, 9.17) is 15.6 Å². The maximum absolute atomic E-state index is 12.6. The number of halogens is 1. The fourth-order valence-electron chi connectivity index (χ4n) is 3.68. The summed E-state index contributed by atoms with van der Waals surface area (Å²) < 4.78 is 6.97. The molecular formula is C23H25ClN4O2. The van der Waals surface area contributed by atoms with E-state index in [-0.39, 0.29) is 18.4 Å². The molecule has 0 spiro atoms. The number of carbonyl (C=O) groups excluding carboxylic acids is 1. The Balaban J connectivity index is 0.00000256. The fourth-order valence-corrected chi connectivity index (χ4v) is 3.68. The number of hydrogen-bond acceptors (Lipinski definition) is 5. The molecule has 0 unspecified atom stereocenters. The minimum atomic E-state index is -0.337. The minimum Gasteiger partial charge on any atom is -0.461 e. The second kappa shape index (κ2) is 9.69. The molecule has 0 saturated carbocycles. The van der Waals surface area contributed by atoms with E-state index < -0.39 is 0 Å². The number of fused-ring (bicyclic) bond motifs is 3. The van der Waals surface area contributed by atoms with Gasteiger partial charge in [0.15, 0.2) is 0 Å². The van der Waals surface area contributed by atoms with Crippen molar-refractivity contribution in [1.29, 1.82) is 0 Å². The molecule has 0 saturated heterocycles. The molecule has 0 radical (unpaired) electrons. The predicted octanol–water partition coefficient (Wildman–Crippen LogP) is 3.77. The topological polar surface area (TPSA) is 83.0 Å². The van der Waals surface area contributed by atoms with Crippen LogP contribution < -0.4 is 5.73 Å². The summed E-state index contributed by atoms with van der Waals surface area (Å²) in [6, 6.07) is 12.1. The summed E-state index contributed by atoms with van der Waals surface area (Å²) in [6.07, 6.45) is 7.50. The van der Waals surface area contributed by atoms with Gasteiger partial charge in [0.1, 0.15) is 5.69 Å². The highest BCUT2D eigenvalue weighted by molar-refractivity contribution is 5.92. The molecule has 0 bridgehead atoms. The zero-order valence-corrected chi connectivity index (χ0v) is 17.7. The van der Waals surface area contributed by atoms with Gasteiger partial charge in [-0.25, -0.2) is 4.79 Å². The summed E-state index contributed by atoms with van der Waals surface area (Å²) in [4.78, 5) is 17.1. The molecule has 0 amide bonds. The van der Waals surface area contributed by atoms with E-state index in [0.717, 1.165) is 46.5 Å². The number of hydrogen-bond donors (Lipinski definition) is 1. The Morgan fingerprint density at radius 3 is 2.77 bits per heavy atom. The molecule has 3 aromatic rings. The molecule has 1 aromatic carbocycles. The Labute approximate surface area is 182 Å². The van der Waals surface area contributed by atoms with E-state index in [1.54, 1.807) is 11.6 Å². The van der Waals surface area contributed by atoms with Crippen molar-refractivity contribution in [1.82, 2.24) is 14.8 Å². The van der Waals surface area contributed by atoms with Crippen LogP contribution in [0.15, 0.2) is 42.6 Å². The first-order valence-corrected chi connectivity index (χ1v) is 9.90. The van der Waals surface area contributed by atoms with Crippen molar-refractivity contribution >= 4 is 30.5 Å². The first-order chi connectivity index (χ1) is 14.2. The zero-order valence-electron chi connectivity index (χ0n) is 16.9. The molecule has 1 aliphatic rings. The van der Waals surface area contributed by atoms with Gasteiger partial charge in [-0.2, -0.15) is 5.10 Å². The fraction of sp³-hybridized carbons (Fsp3) is 0.261. The van der Waals surface area contributed by atoms with Crippen LogP contribution in [0, 0.1) is 0 Å². The van der Waals surface area contributed by atoms with Gasteiger partial charge in [0.2, 0.25) is 0 Å². The first-order valence-electron chi connectivity index (χ1n) is 9.90. The van der Waals surface area contributed by atoms with Crippen molar-refractivity contribution in [3.8, 4) is 11.3 Å². The van der Waals surface area contributed by atoms with Gasteiger partial charge in [0.05, 0.1) is 24.5 Å². The van der Waals surface area contributed by atoms with Crippen molar-refractivity contribution < 1.29 is 9.53 Å². The number of carbonyl (C=O) groups is 1. The molecule has 7 heteroatoms. The van der Waals surface area contributed by atoms with E-state index in [2.05, 4.69) is 4.98 Å². The van der Waals surface area contributed by atoms with E-state index in [0.29, 0.717) is 25.4 Å². The summed E-state index contributed by atoms with van der Waals surface area (Å²) in [6.45, 7) is 3.01. The van der Waals surface area contributed by atoms with Gasteiger partial charge in [-0.1, -0.05) is 36.4 Å². The lowest BCUT2D eigenvalue weighted by Gasteiger charge is -2.16. The largest absolute Gasteiger partial charge is 0.461 e. The predicted molar refractivity (Wildman–Crippen MR) is 120 cm³/mol. The third-order valence-corrected chi connectivity index (χ3v) is 5.01. The summed E-state index contributed by atoms with van der Waals surface area (Å²) in [7, 11) is 0. The second-order valence-electron chi connectivity index (χ2n) is 6.92. The molecular weight excluding hydrogens is 400 g/mol. The van der Waals surface area contributed by atoms with Crippen LogP contribution in [0.5, 0.6) is 0 Å². The van der Waals surface area contributed by atoms with Crippen molar-refractivity contribution in [2.24, 2.45) is 5.73 Å². The number of aryl methyl sites for hydroxylation is 1. The Kier molecular flexibility index (Phi) is 7.03. The number of rotatable bonds is 6. The van der Waals surface area contributed by atoms with E-state index >= 15 is 0 Å². The number of aromatic nitrogens is 3. The number of benzene rings is 1. The smallest absolute Gasteiger partial charge is 0.356 e. The van der Waals surface area contributed by atoms with Gasteiger partial charge < -0.3 is 10.5 Å². The SMILES string of the molecule is CCOC(=O)c1c2c(nn1CCN)-c1cc(C=Cc3ccccc3)ncc1CC2.Cl. The van der Waals surface area contributed by atoms with Gasteiger partial charge in [-0.05, 0) is 43.0 Å². The van der Waals surface area contributed by atoms with Gasteiger partial charge >= 0.3 is 5.97 Å². The highest BCUT2D eigenvalue weighted by Gasteiger charge is 2.29. The average Bonchev–Trinajstić information content (AvgIpc) is 3.12. The lowest BCUT2D eigenvalue weighted by atomic mass is 9.89. The molecule has 0 fully saturated rings. The lowest BCUT2D eigenvalue weighted by Crippen LogP contribution is -2.19. The van der Waals surface area contributed by atoms with Gasteiger partial charge in [-0.15, -0.1) is 12.4 Å². The number of nitrogens with zero attached hydrogens (tertiary/aromatic N) is 3. The summed E-state index contributed by atoms with van der Waals surface area (Å²) in [5.74, 6) is -0.337. The summed E-state index contributed by atoms with van der Waals surface area (Å²) >= 11 is 0. The molecule has 2 heterocycles. The number of pyridine rings is 1. The normalized spacial score (nSPS) is 12.2. The van der Waals surface area contributed by atoms with Gasteiger partial charge in [0.25, 0.3) is 0 Å². The van der Waals surface area contributed by atoms with Crippen molar-refractivity contribution in [2.75, 3.05) is 13.2 Å². The molecule has 2 aromatic heterocycles. The lowest BCUT2D eigenvalue weighted by molar-refractivity contribution is 0.0510. The molecule has 4 rings (SSSR count). The van der Waals surface area contributed by atoms with Crippen LogP contribution in [-0.4, -0.2) is 33.9 Å². The number of nitrogens with two attached hydrogens (primary N) is 1. The molecule has 30 heavy (non-hydrogen) atoms. The van der Waals surface area contributed by atoms with E-state index in [1.165, 1.54) is 0 Å². The Morgan fingerprint density at radius 1 is 1.23 bits per heavy atom. The molecule has 0 atom stereocenters. The quantitative estimate of drug-likeness (QED) is 0.609. The summed E-state index contributed by atoms with van der Waals surface area (Å²) in [5.41, 5.74) is 12.2. The van der Waals surface area contributed by atoms with Crippen molar-refractivity contribution in [3.63, 3.8) is 0 Å². The highest BCUT2D eigenvalue weighted by atomic mass is 35.5. The first kappa shape index (κ1) is 21.7. The van der Waals surface area contributed by atoms with Gasteiger partial charge in [0, 0.05) is 23.9 Å². The average molecular weight is 425 g/mol. The van der Waals surface area contributed by atoms with Crippen LogP contribution in [0.1, 0.15) is 39.8 Å². The molecule has 1 aliphatic carbocycles. The maximum Gasteiger partial charge on any atom is 0.356 e. The second-order valence-corrected chi connectivity index (χ2v) is 6.92. The molecule has 0 aliphatic heterocycles. The van der Waals surface area contributed by atoms with E-state index in [1.807, 2.05) is 54.7 Å². The van der Waals surface area contributed by atoms with Crippen LogP contribution >= 0.6 is 12.4 Å². The van der Waals surface area contributed by atoms with Crippen molar-refractivity contribution in [3.05, 3.63) is 70.7 Å². The number of ether oxygens (including phenoxy) is 1. The van der Waals surface area contributed by atoms with Crippen LogP contribution in [0.2, 0.25) is 0 Å². The standard InChI is InChI=1S/C23H24N4O2.ClH/c1-2-29-23(28)22-19-11-9-17-15-25-18(10-8-16-6-4-3-5-7-16)14-20(17)21(19)26-27(22)13-12-24;/h3-8,10,14-15H,2,9,11-13,24H2,1H3;1H. The Bertz CT molecular complexity index is 1060. The van der Waals surface area contributed by atoms with Crippen molar-refractivity contribution in [2.45, 2.75) is 26.3 Å². The maximum atomic E-state index is 12.6. The molecule has 2 N–H and O–H groups in total. The monoisotopic (exact) mass is 424 g/mol. The van der Waals surface area contributed by atoms with Gasteiger partial charge in [-0.3, -0.25) is 9.67 Å². The third-order valence-electron chi connectivity index (χ3n) is 5.01. The minimum absolute atomic E-state index is 0. The molecule has 6 nitrogen and oxygen atoms in total. The van der Waals surface area contributed by atoms with Crippen LogP contribution in [0.4, 0.5) is 0 Å². The Morgan fingerprint density at radius 2 is 2.03 bits per heavy atom. The highest BCUT2D eigenvalue weighted by Crippen LogP contribution is 2.35. The van der Waals surface area contributed by atoms with E-state index in [9.17, 15) is 4.79 Å². The summed E-state index contributed by atoms with van der Waals surface area (Å²) in [5, 5.41) is 4.73. The third kappa shape index (κ3) is 4.30. The van der Waals surface area contributed by atoms with Crippen LogP contribution in [0.3, 0.4) is 0 Å². The van der Waals surface area contributed by atoms with Crippen LogP contribution in [0.25, 0.3) is 23.4 Å².